The molecule has 0 bridgehead atoms. The van der Waals surface area contributed by atoms with Crippen molar-refractivity contribution in [2.45, 2.75) is 19.0 Å². The van der Waals surface area contributed by atoms with Gasteiger partial charge in [0.15, 0.2) is 11.0 Å². The molecule has 0 aliphatic carbocycles. The van der Waals surface area contributed by atoms with E-state index in [4.69, 9.17) is 11.6 Å². The molecule has 4 aromatic carbocycles. The topological polar surface area (TPSA) is 72.2 Å². The van der Waals surface area contributed by atoms with Crippen molar-refractivity contribution in [1.29, 1.82) is 0 Å². The average Bonchev–Trinajstić information content (AvgIpc) is 3.35. The number of halogens is 1. The van der Waals surface area contributed by atoms with Crippen molar-refractivity contribution in [1.82, 2.24) is 20.2 Å². The van der Waals surface area contributed by atoms with Crippen LogP contribution < -0.4 is 5.43 Å². The van der Waals surface area contributed by atoms with E-state index in [1.165, 1.54) is 11.8 Å². The zero-order valence-corrected chi connectivity index (χ0v) is 21.9. The van der Waals surface area contributed by atoms with Crippen molar-refractivity contribution in [3.63, 3.8) is 0 Å². The molecular formula is C29H24ClN5OS. The minimum Gasteiger partial charge on any atom is -0.272 e. The Morgan fingerprint density at radius 3 is 2.46 bits per heavy atom. The number of rotatable bonds is 7. The smallest absolute Gasteiger partial charge is 0.250 e. The minimum absolute atomic E-state index is 0.136. The fourth-order valence-corrected chi connectivity index (χ4v) is 4.86. The Labute approximate surface area is 224 Å². The normalized spacial score (nSPS) is 11.6. The van der Waals surface area contributed by atoms with Gasteiger partial charge in [0, 0.05) is 21.8 Å². The lowest BCUT2D eigenvalue weighted by Crippen LogP contribution is -2.21. The number of thioether (sulfide) groups is 1. The second kappa shape index (κ2) is 11.0. The number of amides is 1. The predicted octanol–water partition coefficient (Wildman–Crippen LogP) is 6.68. The van der Waals surface area contributed by atoms with Crippen LogP contribution in [0.4, 0.5) is 0 Å². The van der Waals surface area contributed by atoms with Gasteiger partial charge < -0.3 is 0 Å². The van der Waals surface area contributed by atoms with E-state index in [0.717, 1.165) is 38.9 Å². The molecule has 8 heteroatoms. The van der Waals surface area contributed by atoms with Gasteiger partial charge in [-0.3, -0.25) is 9.36 Å². The van der Waals surface area contributed by atoms with Gasteiger partial charge in [0.1, 0.15) is 0 Å². The highest BCUT2D eigenvalue weighted by Gasteiger charge is 2.17. The summed E-state index contributed by atoms with van der Waals surface area (Å²) in [5.41, 5.74) is 7.35. The van der Waals surface area contributed by atoms with Gasteiger partial charge in [-0.25, -0.2) is 5.43 Å². The Balaban J connectivity index is 1.35. The number of aromatic nitrogens is 3. The summed E-state index contributed by atoms with van der Waals surface area (Å²) in [5.74, 6) is 0.584. The van der Waals surface area contributed by atoms with Crippen LogP contribution in [0.15, 0.2) is 101 Å². The molecule has 6 nitrogen and oxygen atoms in total. The molecule has 5 aromatic rings. The highest BCUT2D eigenvalue weighted by Crippen LogP contribution is 2.29. The number of carbonyl (C=O) groups is 1. The second-order valence-corrected chi connectivity index (χ2v) is 9.91. The van der Waals surface area contributed by atoms with Crippen molar-refractivity contribution in [3.8, 4) is 17.1 Å². The molecule has 1 aromatic heterocycles. The number of fused-ring (bicyclic) bond motifs is 1. The van der Waals surface area contributed by atoms with Crippen LogP contribution in [0.1, 0.15) is 18.1 Å². The van der Waals surface area contributed by atoms with E-state index in [2.05, 4.69) is 38.9 Å². The molecule has 0 spiro atoms. The van der Waals surface area contributed by atoms with Gasteiger partial charge in [-0.05, 0) is 61.0 Å². The van der Waals surface area contributed by atoms with Crippen molar-refractivity contribution in [2.24, 2.45) is 5.10 Å². The highest BCUT2D eigenvalue weighted by atomic mass is 35.5. The van der Waals surface area contributed by atoms with E-state index in [-0.39, 0.29) is 11.7 Å². The third kappa shape index (κ3) is 5.58. The lowest BCUT2D eigenvalue weighted by molar-refractivity contribution is -0.118. The molecule has 0 unspecified atom stereocenters. The van der Waals surface area contributed by atoms with Crippen molar-refractivity contribution < 1.29 is 4.79 Å². The van der Waals surface area contributed by atoms with E-state index in [1.807, 2.05) is 91.2 Å². The first kappa shape index (κ1) is 24.7. The van der Waals surface area contributed by atoms with Crippen LogP contribution in [0, 0.1) is 6.92 Å². The first-order valence-corrected chi connectivity index (χ1v) is 13.1. The molecular weight excluding hydrogens is 502 g/mol. The van der Waals surface area contributed by atoms with E-state index in [0.29, 0.717) is 16.0 Å². The summed E-state index contributed by atoms with van der Waals surface area (Å²) >= 11 is 7.39. The first-order chi connectivity index (χ1) is 18.0. The molecule has 0 radical (unpaired) electrons. The predicted molar refractivity (Wildman–Crippen MR) is 152 cm³/mol. The molecule has 0 saturated carbocycles. The molecule has 5 rings (SSSR count). The Bertz CT molecular complexity index is 1590. The van der Waals surface area contributed by atoms with Gasteiger partial charge >= 0.3 is 0 Å². The van der Waals surface area contributed by atoms with Crippen LogP contribution in [0.3, 0.4) is 0 Å². The standard InChI is InChI=1S/C29H24ClN5OS/c1-19-10-16-24(17-11-19)35-28(22-12-14-23(30)15-13-22)33-34-29(35)37-18-27(36)32-31-20(2)25-9-5-7-21-6-3-4-8-26(21)25/h3-17H,18H2,1-2H3,(H,32,36)/b31-20-. The zero-order valence-electron chi connectivity index (χ0n) is 20.4. The molecule has 0 aliphatic rings. The number of carbonyl (C=O) groups excluding carboxylic acids is 1. The van der Waals surface area contributed by atoms with E-state index >= 15 is 0 Å². The minimum atomic E-state index is -0.226. The molecule has 0 fully saturated rings. The number of hydrogen-bond acceptors (Lipinski definition) is 5. The molecule has 1 amide bonds. The number of nitrogens with zero attached hydrogens (tertiary/aromatic N) is 4. The molecule has 0 aliphatic heterocycles. The SMILES string of the molecule is C/C(=N/NC(=O)CSc1nnc(-c2ccc(Cl)cc2)n1-c1ccc(C)cc1)c1cccc2ccccc12. The van der Waals surface area contributed by atoms with Crippen molar-refractivity contribution in [3.05, 3.63) is 107 Å². The number of aryl methyl sites for hydroxylation is 1. The van der Waals surface area contributed by atoms with Crippen LogP contribution >= 0.6 is 23.4 Å². The molecule has 37 heavy (non-hydrogen) atoms. The van der Waals surface area contributed by atoms with E-state index in [9.17, 15) is 4.79 Å². The van der Waals surface area contributed by atoms with Gasteiger partial charge in [-0.2, -0.15) is 5.10 Å². The third-order valence-corrected chi connectivity index (χ3v) is 7.07. The van der Waals surface area contributed by atoms with Gasteiger partial charge in [-0.1, -0.05) is 83.5 Å². The van der Waals surface area contributed by atoms with Crippen LogP contribution in [0.25, 0.3) is 27.8 Å². The molecule has 0 saturated heterocycles. The summed E-state index contributed by atoms with van der Waals surface area (Å²) in [6, 6.07) is 29.7. The van der Waals surface area contributed by atoms with Gasteiger partial charge in [0.05, 0.1) is 11.5 Å². The maximum absolute atomic E-state index is 12.7. The summed E-state index contributed by atoms with van der Waals surface area (Å²) in [4.78, 5) is 12.7. The maximum atomic E-state index is 12.7. The highest BCUT2D eigenvalue weighted by molar-refractivity contribution is 7.99. The summed E-state index contributed by atoms with van der Waals surface area (Å²) in [6.45, 7) is 3.93. The van der Waals surface area contributed by atoms with Crippen LogP contribution in [0.2, 0.25) is 5.02 Å². The van der Waals surface area contributed by atoms with Crippen LogP contribution in [-0.4, -0.2) is 32.1 Å². The first-order valence-electron chi connectivity index (χ1n) is 11.7. The number of hydrazone groups is 1. The van der Waals surface area contributed by atoms with Crippen molar-refractivity contribution in [2.75, 3.05) is 5.75 Å². The summed E-state index contributed by atoms with van der Waals surface area (Å²) in [6.07, 6.45) is 0. The van der Waals surface area contributed by atoms with Crippen LogP contribution in [0.5, 0.6) is 0 Å². The Kier molecular flexibility index (Phi) is 7.35. The quantitative estimate of drug-likeness (QED) is 0.146. The second-order valence-electron chi connectivity index (χ2n) is 8.53. The third-order valence-electron chi connectivity index (χ3n) is 5.89. The monoisotopic (exact) mass is 525 g/mol. The number of benzene rings is 4. The van der Waals surface area contributed by atoms with E-state index in [1.54, 1.807) is 0 Å². The molecule has 0 atom stereocenters. The number of nitrogens with one attached hydrogen (secondary N) is 1. The van der Waals surface area contributed by atoms with Crippen molar-refractivity contribution >= 4 is 45.8 Å². The Morgan fingerprint density at radius 1 is 0.946 bits per heavy atom. The lowest BCUT2D eigenvalue weighted by atomic mass is 10.0. The molecule has 1 heterocycles. The van der Waals surface area contributed by atoms with Gasteiger partial charge in [0.25, 0.3) is 5.91 Å². The summed E-state index contributed by atoms with van der Waals surface area (Å²) in [5, 5.41) is 16.7. The summed E-state index contributed by atoms with van der Waals surface area (Å²) < 4.78 is 1.95. The largest absolute Gasteiger partial charge is 0.272 e. The van der Waals surface area contributed by atoms with E-state index < -0.39 is 0 Å². The molecule has 1 N–H and O–H groups in total. The molecule has 184 valence electrons. The lowest BCUT2D eigenvalue weighted by Gasteiger charge is -2.11. The maximum Gasteiger partial charge on any atom is 0.250 e. The Hall–Kier alpha value is -3.94. The average molecular weight is 526 g/mol. The number of hydrogen-bond donors (Lipinski definition) is 1. The zero-order chi connectivity index (χ0) is 25.8. The van der Waals surface area contributed by atoms with Crippen LogP contribution in [-0.2, 0) is 4.79 Å². The van der Waals surface area contributed by atoms with Gasteiger partial charge in [0.2, 0.25) is 0 Å². The van der Waals surface area contributed by atoms with Gasteiger partial charge in [-0.15, -0.1) is 10.2 Å². The fraction of sp³-hybridized carbons (Fsp3) is 0.103. The summed E-state index contributed by atoms with van der Waals surface area (Å²) in [7, 11) is 0. The Morgan fingerprint density at radius 2 is 1.68 bits per heavy atom. The fourth-order valence-electron chi connectivity index (χ4n) is 3.99.